The summed E-state index contributed by atoms with van der Waals surface area (Å²) in [4.78, 5) is 26.3. The lowest BCUT2D eigenvalue weighted by molar-refractivity contribution is -0.0484. The lowest BCUT2D eigenvalue weighted by Gasteiger charge is -2.44. The Morgan fingerprint density at radius 2 is 1.36 bits per heavy atom. The number of methoxy groups -OCH3 is 1. The summed E-state index contributed by atoms with van der Waals surface area (Å²) in [6.45, 7) is 33.6. The number of nitrogen functional groups attached to an aromatic ring is 1. The van der Waals surface area contributed by atoms with Crippen LogP contribution in [0.1, 0.15) is 79.2 Å². The summed E-state index contributed by atoms with van der Waals surface area (Å²) in [6, 6.07) is 0. The first-order valence-corrected chi connectivity index (χ1v) is 24.2. The van der Waals surface area contributed by atoms with Crippen molar-refractivity contribution in [3.05, 3.63) is 12.2 Å². The van der Waals surface area contributed by atoms with Crippen LogP contribution in [-0.2, 0) is 22.8 Å². The Kier molecular flexibility index (Phi) is 10.2. The highest BCUT2D eigenvalue weighted by atomic mass is 28.4. The second-order valence-electron chi connectivity index (χ2n) is 16.6. The number of carbonyl (C=O) groups excluding carboxylic acids is 1. The zero-order valence-electron chi connectivity index (χ0n) is 29.9. The van der Waals surface area contributed by atoms with Crippen molar-refractivity contribution in [2.45, 2.75) is 141 Å². The van der Waals surface area contributed by atoms with Gasteiger partial charge in [-0.1, -0.05) is 62.3 Å². The van der Waals surface area contributed by atoms with Gasteiger partial charge in [0, 0.05) is 0 Å². The van der Waals surface area contributed by atoms with E-state index in [9.17, 15) is 4.79 Å². The Labute approximate surface area is 267 Å². The van der Waals surface area contributed by atoms with Gasteiger partial charge in [-0.05, 0) is 54.4 Å². The van der Waals surface area contributed by atoms with E-state index in [4.69, 9.17) is 28.5 Å². The average Bonchev–Trinajstić information content (AvgIpc) is 3.39. The van der Waals surface area contributed by atoms with E-state index in [2.05, 4.69) is 117 Å². The maximum absolute atomic E-state index is 13.2. The summed E-state index contributed by atoms with van der Waals surface area (Å²) < 4.78 is 35.0. The topological polar surface area (TPSA) is 133 Å². The summed E-state index contributed by atoms with van der Waals surface area (Å²) >= 11 is 0. The molecule has 3 heterocycles. The van der Waals surface area contributed by atoms with Gasteiger partial charge in [0.1, 0.15) is 24.6 Å². The van der Waals surface area contributed by atoms with E-state index in [1.807, 2.05) is 0 Å². The van der Waals surface area contributed by atoms with Crippen LogP contribution in [0.5, 0.6) is 0 Å². The van der Waals surface area contributed by atoms with Gasteiger partial charge in [0.25, 0.3) is 0 Å². The molecule has 3 rings (SSSR count). The molecule has 0 bridgehead atoms. The zero-order valence-corrected chi connectivity index (χ0v) is 32.9. The fourth-order valence-electron chi connectivity index (χ4n) is 4.26. The number of imidazole rings is 1. The highest BCUT2D eigenvalue weighted by Crippen LogP contribution is 2.47. The van der Waals surface area contributed by atoms with Crippen LogP contribution in [0.15, 0.2) is 6.33 Å². The minimum absolute atomic E-state index is 0.00484. The first kappa shape index (κ1) is 36.8. The van der Waals surface area contributed by atoms with Gasteiger partial charge < -0.3 is 28.5 Å². The fourth-order valence-corrected chi connectivity index (χ4v) is 7.88. The van der Waals surface area contributed by atoms with Gasteiger partial charge in [0.15, 0.2) is 48.2 Å². The normalized spacial score (nSPS) is 22.5. The van der Waals surface area contributed by atoms with Crippen molar-refractivity contribution in [1.29, 1.82) is 0 Å². The van der Waals surface area contributed by atoms with Crippen LogP contribution in [0.3, 0.4) is 0 Å². The minimum atomic E-state index is -2.42. The Hall–Kier alpha value is -1.69. The van der Waals surface area contributed by atoms with E-state index in [1.165, 1.54) is 13.4 Å². The molecule has 2 aromatic rings. The number of fused-ring (bicyclic) bond motifs is 1. The van der Waals surface area contributed by atoms with Crippen LogP contribution in [0, 0.1) is 0 Å². The van der Waals surface area contributed by atoms with Crippen molar-refractivity contribution < 1.29 is 27.5 Å². The van der Waals surface area contributed by atoms with Gasteiger partial charge in [-0.25, -0.2) is 19.7 Å². The largest absolute Gasteiger partial charge is 0.463 e. The summed E-state index contributed by atoms with van der Waals surface area (Å²) in [6.07, 6.45) is -1.03. The number of rotatable bonds is 9. The predicted octanol–water partition coefficient (Wildman–Crippen LogP) is 6.90. The van der Waals surface area contributed by atoms with Crippen LogP contribution >= 0.6 is 0 Å². The third kappa shape index (κ3) is 7.15. The number of anilines is 1. The van der Waals surface area contributed by atoms with Crippen LogP contribution in [0.25, 0.3) is 11.2 Å². The molecule has 0 radical (unpaired) electrons. The minimum Gasteiger partial charge on any atom is -0.463 e. The van der Waals surface area contributed by atoms with Crippen molar-refractivity contribution >= 4 is 47.9 Å². The average molecular weight is 668 g/mol. The second kappa shape index (κ2) is 12.2. The Balaban J connectivity index is 2.29. The fraction of sp³-hybridized carbons (Fsp3) is 0.800. The van der Waals surface area contributed by atoms with E-state index in [-0.39, 0.29) is 26.8 Å². The molecule has 1 aliphatic heterocycles. The highest BCUT2D eigenvalue weighted by Gasteiger charge is 2.56. The standard InChI is InChI=1S/C30H57N5O6Si3/c1-28(2,3)42(11,12)38-17-19-21(40-43(13,14)29(4,5)6)22(41-44(15,16)30(7,8)9)26(39-19)35-24-20(23(31)32-18-33-24)34-25(35)27(36)37-10/h18-19,21-22,26H,17H2,1-16H3,(H2,31,32,33)/t19-,21-,22-,26-/m1/s1. The number of aromatic nitrogens is 4. The van der Waals surface area contributed by atoms with Crippen molar-refractivity contribution in [2.75, 3.05) is 19.5 Å². The van der Waals surface area contributed by atoms with Crippen molar-refractivity contribution in [2.24, 2.45) is 0 Å². The maximum Gasteiger partial charge on any atom is 0.374 e. The first-order chi connectivity index (χ1) is 19.8. The summed E-state index contributed by atoms with van der Waals surface area (Å²) in [5, 5.41) is -0.174. The SMILES string of the molecule is COC(=O)c1nc2c(N)ncnc2n1[C@@H]1O[C@H](CO[Si](C)(C)C(C)(C)C)[C@@H](O[Si](C)(C)C(C)(C)C)[C@H]1O[Si](C)(C)C(C)(C)C. The molecule has 1 fully saturated rings. The molecule has 0 unspecified atom stereocenters. The molecular weight excluding hydrogens is 611 g/mol. The molecule has 2 aromatic heterocycles. The van der Waals surface area contributed by atoms with Crippen LogP contribution in [0.2, 0.25) is 54.4 Å². The van der Waals surface area contributed by atoms with Gasteiger partial charge >= 0.3 is 5.97 Å². The number of carbonyl (C=O) groups is 1. The van der Waals surface area contributed by atoms with E-state index < -0.39 is 55.5 Å². The lowest BCUT2D eigenvalue weighted by atomic mass is 10.1. The maximum atomic E-state index is 13.2. The van der Waals surface area contributed by atoms with E-state index >= 15 is 0 Å². The van der Waals surface area contributed by atoms with Gasteiger partial charge in [-0.2, -0.15) is 0 Å². The predicted molar refractivity (Wildman–Crippen MR) is 182 cm³/mol. The molecule has 11 nitrogen and oxygen atoms in total. The zero-order chi connectivity index (χ0) is 33.8. The van der Waals surface area contributed by atoms with E-state index in [0.29, 0.717) is 17.8 Å². The molecule has 44 heavy (non-hydrogen) atoms. The van der Waals surface area contributed by atoms with Crippen LogP contribution in [-0.4, -0.2) is 82.5 Å². The molecule has 4 atom stereocenters. The summed E-state index contributed by atoms with van der Waals surface area (Å²) in [5.74, 6) is -0.467. The summed E-state index contributed by atoms with van der Waals surface area (Å²) in [5.41, 5.74) is 6.88. The number of esters is 1. The molecule has 0 aliphatic carbocycles. The lowest BCUT2D eigenvalue weighted by Crippen LogP contribution is -2.54. The molecule has 1 saturated heterocycles. The molecule has 14 heteroatoms. The second-order valence-corrected chi connectivity index (χ2v) is 30.9. The molecule has 2 N–H and O–H groups in total. The van der Waals surface area contributed by atoms with Gasteiger partial charge in [-0.15, -0.1) is 0 Å². The first-order valence-electron chi connectivity index (χ1n) is 15.5. The Morgan fingerprint density at radius 1 is 0.864 bits per heavy atom. The number of hydrogen-bond acceptors (Lipinski definition) is 10. The number of nitrogens with zero attached hydrogens (tertiary/aromatic N) is 4. The Morgan fingerprint density at radius 3 is 1.84 bits per heavy atom. The molecule has 250 valence electrons. The molecule has 0 aromatic carbocycles. The van der Waals surface area contributed by atoms with Crippen LogP contribution < -0.4 is 5.73 Å². The van der Waals surface area contributed by atoms with E-state index in [1.54, 1.807) is 4.57 Å². The third-order valence-electron chi connectivity index (χ3n) is 10.3. The molecule has 0 spiro atoms. The van der Waals surface area contributed by atoms with Gasteiger partial charge in [0.05, 0.1) is 13.7 Å². The highest BCUT2D eigenvalue weighted by molar-refractivity contribution is 6.75. The number of ether oxygens (including phenoxy) is 2. The van der Waals surface area contributed by atoms with E-state index in [0.717, 1.165) is 0 Å². The number of nitrogens with two attached hydrogens (primary N) is 1. The van der Waals surface area contributed by atoms with Gasteiger partial charge in [0.2, 0.25) is 5.82 Å². The number of hydrogen-bond donors (Lipinski definition) is 1. The molecular formula is C30H57N5O6Si3. The monoisotopic (exact) mass is 667 g/mol. The van der Waals surface area contributed by atoms with Crippen molar-refractivity contribution in [3.63, 3.8) is 0 Å². The van der Waals surface area contributed by atoms with Crippen molar-refractivity contribution in [1.82, 2.24) is 19.5 Å². The smallest absolute Gasteiger partial charge is 0.374 e. The molecule has 0 amide bonds. The molecule has 1 aliphatic rings. The van der Waals surface area contributed by atoms with Gasteiger partial charge in [-0.3, -0.25) is 4.57 Å². The Bertz CT molecular complexity index is 1340. The molecule has 0 saturated carbocycles. The quantitative estimate of drug-likeness (QED) is 0.222. The summed E-state index contributed by atoms with van der Waals surface area (Å²) in [7, 11) is -5.62. The van der Waals surface area contributed by atoms with Crippen LogP contribution in [0.4, 0.5) is 5.82 Å². The third-order valence-corrected chi connectivity index (χ3v) is 23.8. The van der Waals surface area contributed by atoms with Crippen molar-refractivity contribution in [3.8, 4) is 0 Å².